The first-order valence-corrected chi connectivity index (χ1v) is 4.79. The molecule has 54 valence electrons. The maximum atomic E-state index is 2.21. The molecule has 0 aromatic carbocycles. The number of rotatable bonds is 2. The number of unbranched alkanes of at least 4 members (excludes halogenated alkanes) is 1. The second-order valence-corrected chi connectivity index (χ2v) is 4.38. The van der Waals surface area contributed by atoms with Crippen LogP contribution in [0.4, 0.5) is 0 Å². The van der Waals surface area contributed by atoms with E-state index in [0.29, 0.717) is 0 Å². The molecule has 0 aliphatic heterocycles. The van der Waals surface area contributed by atoms with Gasteiger partial charge < -0.3 is 12.4 Å². The molecule has 0 saturated heterocycles. The average molecular weight is 167 g/mol. The first-order chi connectivity index (χ1) is 4.15. The fourth-order valence-corrected chi connectivity index (χ4v) is 0.354. The van der Waals surface area contributed by atoms with Gasteiger partial charge in [0, 0.05) is 0 Å². The third-order valence-corrected chi connectivity index (χ3v) is 0.707. The van der Waals surface area contributed by atoms with E-state index in [2.05, 4.69) is 38.5 Å². The van der Waals surface area contributed by atoms with Crippen molar-refractivity contribution in [3.8, 4) is 0 Å². The molecule has 0 nitrogen and oxygen atoms in total. The van der Waals surface area contributed by atoms with E-state index in [1.54, 1.807) is 0 Å². The van der Waals surface area contributed by atoms with Crippen molar-refractivity contribution in [3.63, 3.8) is 0 Å². The predicted molar refractivity (Wildman–Crippen MR) is 46.3 cm³/mol. The molecule has 0 bridgehead atoms. The topological polar surface area (TPSA) is 0 Å². The molecule has 0 amide bonds. The van der Waals surface area contributed by atoms with Crippen molar-refractivity contribution in [2.75, 3.05) is 0 Å². The molecule has 0 heterocycles. The van der Waals surface area contributed by atoms with Crippen LogP contribution in [0.5, 0.6) is 0 Å². The zero-order chi connectivity index (χ0) is 7.70. The Morgan fingerprint density at radius 2 is 1.70 bits per heavy atom. The van der Waals surface area contributed by atoms with Gasteiger partial charge in [-0.05, 0) is 0 Å². The number of hydrogen-bond donors (Lipinski definition) is 0. The molecule has 0 fully saturated rings. The van der Waals surface area contributed by atoms with E-state index in [4.69, 9.17) is 0 Å². The van der Waals surface area contributed by atoms with Crippen molar-refractivity contribution in [1.29, 1.82) is 0 Å². The summed E-state index contributed by atoms with van der Waals surface area (Å²) in [5, 5.41) is 1.34. The molecular formula is C7H16ClLiMg. The second kappa shape index (κ2) is 16.9. The summed E-state index contributed by atoms with van der Waals surface area (Å²) in [6.45, 7) is 6.57. The van der Waals surface area contributed by atoms with Crippen molar-refractivity contribution in [1.82, 2.24) is 0 Å². The van der Waals surface area contributed by atoms with Crippen molar-refractivity contribution < 1.29 is 12.4 Å². The van der Waals surface area contributed by atoms with Gasteiger partial charge in [-0.2, -0.15) is 0 Å². The summed E-state index contributed by atoms with van der Waals surface area (Å²) in [7, 11) is 0. The Balaban J connectivity index is -0.0000000910. The van der Waals surface area contributed by atoms with E-state index in [1.807, 2.05) is 21.7 Å². The van der Waals surface area contributed by atoms with Gasteiger partial charge in [-0.1, -0.05) is 0 Å². The van der Waals surface area contributed by atoms with Crippen LogP contribution in [-0.4, -0.2) is 39.4 Å². The summed E-state index contributed by atoms with van der Waals surface area (Å²) in [5.74, 6) is 0. The molecule has 0 unspecified atom stereocenters. The molecule has 3 heteroatoms. The molecule has 0 saturated carbocycles. The van der Waals surface area contributed by atoms with Gasteiger partial charge in [0.05, 0.1) is 0 Å². The minimum absolute atomic E-state index is 0. The van der Waals surface area contributed by atoms with Crippen LogP contribution in [0.3, 0.4) is 0 Å². The Morgan fingerprint density at radius 1 is 1.40 bits per heavy atom. The molecule has 0 atom stereocenters. The summed E-state index contributed by atoms with van der Waals surface area (Å²) in [6.07, 6.45) is 2.73. The summed E-state index contributed by atoms with van der Waals surface area (Å²) >= 11 is 4.21. The summed E-state index contributed by atoms with van der Waals surface area (Å²) in [6, 6.07) is 0. The Labute approximate surface area is 94.0 Å². The van der Waals surface area contributed by atoms with Crippen molar-refractivity contribution in [2.24, 2.45) is 0 Å². The fraction of sp³-hybridized carbons (Fsp3) is 1.00. The molecule has 0 N–H and O–H groups in total. The zero-order valence-corrected chi connectivity index (χ0v) is 9.95. The Morgan fingerprint density at radius 3 is 1.70 bits per heavy atom. The summed E-state index contributed by atoms with van der Waals surface area (Å²) < 4.78 is 0.861. The molecule has 10 heavy (non-hydrogen) atoms. The SMILES string of the molecule is C[CH](C)[Mg+].[Cl-].[Li][CH2]CCC. The summed E-state index contributed by atoms with van der Waals surface area (Å²) in [5.41, 5.74) is 0. The van der Waals surface area contributed by atoms with E-state index in [1.165, 1.54) is 17.9 Å². The van der Waals surface area contributed by atoms with Crippen LogP contribution in [0.1, 0.15) is 33.6 Å². The van der Waals surface area contributed by atoms with E-state index >= 15 is 0 Å². The summed E-state index contributed by atoms with van der Waals surface area (Å²) in [4.78, 5) is 0. The van der Waals surface area contributed by atoms with Crippen LogP contribution in [0.2, 0.25) is 9.14 Å². The zero-order valence-electron chi connectivity index (χ0n) is 7.78. The van der Waals surface area contributed by atoms with Gasteiger partial charge in [0.25, 0.3) is 0 Å². The van der Waals surface area contributed by atoms with Crippen molar-refractivity contribution in [3.05, 3.63) is 0 Å². The van der Waals surface area contributed by atoms with Gasteiger partial charge in [0.2, 0.25) is 0 Å². The predicted octanol–water partition coefficient (Wildman–Crippen LogP) is -0.639. The second-order valence-electron chi connectivity index (χ2n) is 2.75. The van der Waals surface area contributed by atoms with Crippen LogP contribution >= 0.6 is 0 Å². The first kappa shape index (κ1) is 17.7. The fourth-order valence-electron chi connectivity index (χ4n) is 0.354. The Kier molecular flexibility index (Phi) is 29.9. The molecule has 0 rings (SSSR count). The average Bonchev–Trinajstić information content (AvgIpc) is 1.66. The third-order valence-electron chi connectivity index (χ3n) is 0.707. The molecule has 0 aliphatic carbocycles. The van der Waals surface area contributed by atoms with Crippen LogP contribution in [0.15, 0.2) is 0 Å². The van der Waals surface area contributed by atoms with Gasteiger partial charge in [-0.3, -0.25) is 0 Å². The van der Waals surface area contributed by atoms with Crippen molar-refractivity contribution >= 4 is 39.4 Å². The van der Waals surface area contributed by atoms with Gasteiger partial charge in [0.1, 0.15) is 0 Å². The molecular weight excluding hydrogens is 151 g/mol. The van der Waals surface area contributed by atoms with Crippen LogP contribution in [0, 0.1) is 0 Å². The molecule has 0 aromatic heterocycles. The number of hydrogen-bond acceptors (Lipinski definition) is 0. The van der Waals surface area contributed by atoms with Crippen molar-refractivity contribution in [2.45, 2.75) is 42.8 Å². The standard InChI is InChI=1S/C4H9.C3H7.ClH.Li.Mg/c1-3-4-2;1-3-2;;;/h1,3-4H2,2H3;3H,1-2H3;1H;;/q;;;;+1/p-1. The van der Waals surface area contributed by atoms with Gasteiger partial charge >= 0.3 is 82.2 Å². The Hall–Kier alpha value is 1.65. The Bertz CT molecular complexity index is 37.8. The van der Waals surface area contributed by atoms with E-state index in [-0.39, 0.29) is 12.4 Å². The van der Waals surface area contributed by atoms with E-state index < -0.39 is 0 Å². The van der Waals surface area contributed by atoms with E-state index in [0.717, 1.165) is 4.05 Å². The van der Waals surface area contributed by atoms with Gasteiger partial charge in [-0.15, -0.1) is 0 Å². The monoisotopic (exact) mass is 166 g/mol. The minimum atomic E-state index is 0. The van der Waals surface area contributed by atoms with Gasteiger partial charge in [-0.25, -0.2) is 0 Å². The van der Waals surface area contributed by atoms with Crippen LogP contribution < -0.4 is 12.4 Å². The molecule has 0 spiro atoms. The quantitative estimate of drug-likeness (QED) is 0.480. The normalized spacial score (nSPS) is 8.00. The van der Waals surface area contributed by atoms with Gasteiger partial charge in [0.15, 0.2) is 0 Å². The molecule has 0 aliphatic rings. The third kappa shape index (κ3) is 54.2. The molecule has 0 radical (unpaired) electrons. The number of halogens is 1. The van der Waals surface area contributed by atoms with E-state index in [9.17, 15) is 0 Å². The first-order valence-electron chi connectivity index (χ1n) is 3.98. The molecule has 0 aromatic rings. The van der Waals surface area contributed by atoms with Crippen LogP contribution in [0.25, 0.3) is 0 Å². The maximum absolute atomic E-state index is 2.21. The van der Waals surface area contributed by atoms with Crippen LogP contribution in [-0.2, 0) is 0 Å².